The zero-order valence-electron chi connectivity index (χ0n) is 29.6. The van der Waals surface area contributed by atoms with Crippen LogP contribution in [-0.2, 0) is 0 Å². The van der Waals surface area contributed by atoms with Crippen molar-refractivity contribution in [3.8, 4) is 39.1 Å². The molecule has 0 saturated carbocycles. The van der Waals surface area contributed by atoms with Gasteiger partial charge in [0, 0.05) is 16.2 Å². The Kier molecular flexibility index (Phi) is 7.26. The molecule has 0 atom stereocenters. The fourth-order valence-electron chi connectivity index (χ4n) is 8.35. The second kappa shape index (κ2) is 12.0. The van der Waals surface area contributed by atoms with Crippen molar-refractivity contribution in [1.82, 2.24) is 4.57 Å². The number of para-hydroxylation sites is 1. The summed E-state index contributed by atoms with van der Waals surface area (Å²) in [5.74, 6) is 0. The van der Waals surface area contributed by atoms with E-state index in [1.54, 1.807) is 0 Å². The number of benzene rings is 8. The van der Waals surface area contributed by atoms with Gasteiger partial charge in [0.2, 0.25) is 0 Å². The Hall–Kier alpha value is -6.18. The van der Waals surface area contributed by atoms with Gasteiger partial charge in [-0.15, -0.1) is 0 Å². The number of hydrogen-bond acceptors (Lipinski definition) is 0. The third kappa shape index (κ3) is 4.77. The van der Waals surface area contributed by atoms with Crippen molar-refractivity contribution in [3.63, 3.8) is 0 Å². The van der Waals surface area contributed by atoms with E-state index in [0.29, 0.717) is 0 Å². The fraction of sp³-hybridized carbons (Fsp3) is 0.0800. The first-order chi connectivity index (χ1) is 24.9. The molecule has 1 aliphatic carbocycles. The first kappa shape index (κ1) is 30.8. The van der Waals surface area contributed by atoms with Crippen molar-refractivity contribution in [1.29, 1.82) is 0 Å². The lowest BCUT2D eigenvalue weighted by Gasteiger charge is -2.14. The maximum absolute atomic E-state index is 4.04. The van der Waals surface area contributed by atoms with Crippen molar-refractivity contribution in [2.75, 3.05) is 0 Å². The van der Waals surface area contributed by atoms with E-state index < -0.39 is 0 Å². The van der Waals surface area contributed by atoms with Crippen LogP contribution in [0.2, 0.25) is 0 Å². The second-order valence-corrected chi connectivity index (χ2v) is 14.0. The minimum Gasteiger partial charge on any atom is -0.309 e. The average Bonchev–Trinajstić information content (AvgIpc) is 3.68. The van der Waals surface area contributed by atoms with E-state index in [1.165, 1.54) is 105 Å². The molecule has 1 heteroatoms. The van der Waals surface area contributed by atoms with Crippen LogP contribution in [0.4, 0.5) is 0 Å². The summed E-state index contributed by atoms with van der Waals surface area (Å²) in [4.78, 5) is 0. The summed E-state index contributed by atoms with van der Waals surface area (Å²) >= 11 is 0. The SMILES string of the molecule is C=C(C)c1ccccc1-c1ccccc1C.Cc1ccc2c(ccc3c2c2ccccc2n3-c2ccc3c4c(cccc24)-c2ccccc2-3)c1C. The summed E-state index contributed by atoms with van der Waals surface area (Å²) in [6.07, 6.45) is 0. The summed E-state index contributed by atoms with van der Waals surface area (Å²) in [6, 6.07) is 55.2. The number of aryl methyl sites for hydroxylation is 3. The number of nitrogens with zero attached hydrogens (tertiary/aromatic N) is 1. The molecule has 1 nitrogen and oxygen atoms in total. The van der Waals surface area contributed by atoms with Crippen LogP contribution in [0.5, 0.6) is 0 Å². The summed E-state index contributed by atoms with van der Waals surface area (Å²) < 4.78 is 2.48. The number of rotatable bonds is 3. The van der Waals surface area contributed by atoms with Gasteiger partial charge in [-0.25, -0.2) is 0 Å². The molecule has 51 heavy (non-hydrogen) atoms. The summed E-state index contributed by atoms with van der Waals surface area (Å²) in [6.45, 7) is 12.7. The predicted molar refractivity (Wildman–Crippen MR) is 221 cm³/mol. The van der Waals surface area contributed by atoms with Crippen LogP contribution in [0.25, 0.3) is 88.0 Å². The topological polar surface area (TPSA) is 4.93 Å². The van der Waals surface area contributed by atoms with E-state index in [-0.39, 0.29) is 0 Å². The average molecular weight is 654 g/mol. The lowest BCUT2D eigenvalue weighted by atomic mass is 9.93. The fourth-order valence-corrected chi connectivity index (χ4v) is 8.35. The summed E-state index contributed by atoms with van der Waals surface area (Å²) in [7, 11) is 0. The van der Waals surface area contributed by atoms with Gasteiger partial charge < -0.3 is 4.57 Å². The normalized spacial score (nSPS) is 11.6. The molecule has 1 aliphatic rings. The Balaban J connectivity index is 0.000000184. The Morgan fingerprint density at radius 2 is 1.02 bits per heavy atom. The van der Waals surface area contributed by atoms with E-state index in [9.17, 15) is 0 Å². The van der Waals surface area contributed by atoms with E-state index in [4.69, 9.17) is 0 Å². The molecule has 0 bridgehead atoms. The largest absolute Gasteiger partial charge is 0.309 e. The Morgan fingerprint density at radius 3 is 1.78 bits per heavy atom. The van der Waals surface area contributed by atoms with Gasteiger partial charge in [0.05, 0.1) is 16.7 Å². The van der Waals surface area contributed by atoms with E-state index >= 15 is 0 Å². The van der Waals surface area contributed by atoms with Gasteiger partial charge in [-0.05, 0) is 118 Å². The smallest absolute Gasteiger partial charge is 0.0547 e. The minimum atomic E-state index is 1.11. The second-order valence-electron chi connectivity index (χ2n) is 14.0. The van der Waals surface area contributed by atoms with Crippen LogP contribution in [0, 0.1) is 20.8 Å². The van der Waals surface area contributed by atoms with Crippen LogP contribution >= 0.6 is 0 Å². The number of hydrogen-bond donors (Lipinski definition) is 0. The molecule has 1 aromatic heterocycles. The van der Waals surface area contributed by atoms with Crippen LogP contribution in [0.15, 0.2) is 158 Å². The number of fused-ring (bicyclic) bond motifs is 8. The third-order valence-electron chi connectivity index (χ3n) is 11.0. The lowest BCUT2D eigenvalue weighted by molar-refractivity contribution is 1.20. The Morgan fingerprint density at radius 1 is 0.412 bits per heavy atom. The number of allylic oxidation sites excluding steroid dienone is 1. The monoisotopic (exact) mass is 653 g/mol. The molecule has 9 aromatic rings. The predicted octanol–water partition coefficient (Wildman–Crippen LogP) is 14.0. The Bertz CT molecular complexity index is 2830. The van der Waals surface area contributed by atoms with Gasteiger partial charge in [-0.1, -0.05) is 146 Å². The van der Waals surface area contributed by atoms with Crippen molar-refractivity contribution in [3.05, 3.63) is 180 Å². The highest BCUT2D eigenvalue weighted by Crippen LogP contribution is 2.49. The van der Waals surface area contributed by atoms with E-state index in [1.807, 2.05) is 0 Å². The molecule has 0 saturated heterocycles. The third-order valence-corrected chi connectivity index (χ3v) is 11.0. The first-order valence-corrected chi connectivity index (χ1v) is 17.8. The van der Waals surface area contributed by atoms with Gasteiger partial charge >= 0.3 is 0 Å². The van der Waals surface area contributed by atoms with Crippen molar-refractivity contribution in [2.45, 2.75) is 27.7 Å². The van der Waals surface area contributed by atoms with Crippen LogP contribution in [0.3, 0.4) is 0 Å². The quantitative estimate of drug-likeness (QED) is 0.179. The van der Waals surface area contributed by atoms with Gasteiger partial charge in [0.1, 0.15) is 0 Å². The molecule has 0 unspecified atom stereocenters. The molecule has 1 heterocycles. The summed E-state index contributed by atoms with van der Waals surface area (Å²) in [5.41, 5.74) is 18.0. The van der Waals surface area contributed by atoms with E-state index in [2.05, 4.69) is 191 Å². The van der Waals surface area contributed by atoms with Gasteiger partial charge in [-0.2, -0.15) is 0 Å². The van der Waals surface area contributed by atoms with E-state index in [0.717, 1.165) is 5.57 Å². The maximum atomic E-state index is 4.04. The first-order valence-electron chi connectivity index (χ1n) is 17.8. The molecule has 244 valence electrons. The highest BCUT2D eigenvalue weighted by molar-refractivity contribution is 6.23. The van der Waals surface area contributed by atoms with Gasteiger partial charge in [0.25, 0.3) is 0 Å². The van der Waals surface area contributed by atoms with Crippen LogP contribution in [-0.4, -0.2) is 4.57 Å². The molecule has 0 N–H and O–H groups in total. The Labute approximate surface area is 299 Å². The zero-order chi connectivity index (χ0) is 34.8. The molecule has 0 radical (unpaired) electrons. The molecule has 10 rings (SSSR count). The molecule has 0 aliphatic heterocycles. The highest BCUT2D eigenvalue weighted by Gasteiger charge is 2.24. The van der Waals surface area contributed by atoms with Gasteiger partial charge in [-0.3, -0.25) is 0 Å². The lowest BCUT2D eigenvalue weighted by Crippen LogP contribution is -1.96. The molecular weight excluding hydrogens is 615 g/mol. The van der Waals surface area contributed by atoms with Crippen molar-refractivity contribution in [2.24, 2.45) is 0 Å². The van der Waals surface area contributed by atoms with Crippen LogP contribution < -0.4 is 0 Å². The molecule has 0 amide bonds. The molecule has 8 aromatic carbocycles. The standard InChI is InChI=1S/C34H23N.C16H16/c1-20-14-15-26-22(21(20)2)16-19-32-34(26)29-10-5-6-13-30(29)35(32)31-18-17-27-24-9-4-3-8-23(24)25-11-7-12-28(31)33(25)27;1-12(2)14-9-6-7-11-16(14)15-10-5-4-8-13(15)3/h3-19H,1-2H3;4-11H,1H2,2-3H3. The molecule has 0 fully saturated rings. The molecular formula is C50H39N. The van der Waals surface area contributed by atoms with Crippen molar-refractivity contribution >= 4 is 48.9 Å². The zero-order valence-corrected chi connectivity index (χ0v) is 29.6. The summed E-state index contributed by atoms with van der Waals surface area (Å²) in [5, 5.41) is 7.99. The van der Waals surface area contributed by atoms with Crippen LogP contribution in [0.1, 0.15) is 29.2 Å². The molecule has 0 spiro atoms. The van der Waals surface area contributed by atoms with Gasteiger partial charge in [0.15, 0.2) is 0 Å². The number of aromatic nitrogens is 1. The maximum Gasteiger partial charge on any atom is 0.0547 e. The minimum absolute atomic E-state index is 1.11. The highest BCUT2D eigenvalue weighted by atomic mass is 15.0. The van der Waals surface area contributed by atoms with Crippen molar-refractivity contribution < 1.29 is 0 Å².